The van der Waals surface area contributed by atoms with E-state index in [1.807, 2.05) is 4.90 Å². The Balaban J connectivity index is 1.30. The van der Waals surface area contributed by atoms with E-state index in [2.05, 4.69) is 25.8 Å². The van der Waals surface area contributed by atoms with Crippen molar-refractivity contribution < 1.29 is 27.6 Å². The minimum Gasteiger partial charge on any atom is -0.453 e. The molecular weight excluding hydrogens is 472 g/mol. The first kappa shape index (κ1) is 21.5. The van der Waals surface area contributed by atoms with E-state index in [1.165, 1.54) is 25.5 Å². The summed E-state index contributed by atoms with van der Waals surface area (Å²) in [5, 5.41) is 9.83. The van der Waals surface area contributed by atoms with E-state index in [9.17, 15) is 18.4 Å². The van der Waals surface area contributed by atoms with Crippen molar-refractivity contribution >= 4 is 34.6 Å². The largest absolute Gasteiger partial charge is 0.453 e. The Bertz CT molecular complexity index is 1150. The third-order valence-corrected chi connectivity index (χ3v) is 8.65. The number of hydrogen-bond acceptors (Lipinski definition) is 9. The number of hydrogen-bond donors (Lipinski definition) is 2. The Morgan fingerprint density at radius 1 is 1.26 bits per heavy atom. The number of anilines is 2. The zero-order chi connectivity index (χ0) is 23.8. The minimum absolute atomic E-state index is 0.200. The molecule has 2 aromatic heterocycles. The summed E-state index contributed by atoms with van der Waals surface area (Å²) in [5.41, 5.74) is -0.443. The van der Waals surface area contributed by atoms with Crippen LogP contribution in [0.3, 0.4) is 0 Å². The lowest BCUT2D eigenvalue weighted by atomic mass is 9.35. The van der Waals surface area contributed by atoms with Crippen molar-refractivity contribution in [2.24, 2.45) is 5.41 Å². The number of nitrogens with zero attached hydrogens (tertiary/aromatic N) is 5. The molecule has 2 unspecified atom stereocenters. The molecule has 3 amide bonds. The number of methoxy groups -OCH3 is 1. The molecule has 7 rings (SSSR count). The molecule has 3 saturated carbocycles. The van der Waals surface area contributed by atoms with Crippen LogP contribution < -0.4 is 15.5 Å². The summed E-state index contributed by atoms with van der Waals surface area (Å²) in [4.78, 5) is 37.8. The lowest BCUT2D eigenvalue weighted by Crippen LogP contribution is -2.68. The maximum atomic E-state index is 13.3. The monoisotopic (exact) mass is 495 g/mol. The molecule has 0 aromatic carbocycles. The van der Waals surface area contributed by atoms with Crippen molar-refractivity contribution in [3.8, 4) is 0 Å². The number of ether oxygens (including phenoxy) is 1. The first-order valence-corrected chi connectivity index (χ1v) is 11.8. The highest BCUT2D eigenvalue weighted by Gasteiger charge is 2.74. The predicted molar refractivity (Wildman–Crippen MR) is 115 cm³/mol. The predicted octanol–water partition coefficient (Wildman–Crippen LogP) is 2.52. The van der Waals surface area contributed by atoms with Gasteiger partial charge in [0.1, 0.15) is 0 Å². The van der Waals surface area contributed by atoms with E-state index in [0.29, 0.717) is 55.7 Å². The molecule has 4 heterocycles. The Morgan fingerprint density at radius 3 is 2.71 bits per heavy atom. The van der Waals surface area contributed by atoms with E-state index in [1.54, 1.807) is 4.90 Å². The number of halogens is 2. The molecule has 4 fully saturated rings. The van der Waals surface area contributed by atoms with E-state index < -0.39 is 23.3 Å². The molecule has 34 heavy (non-hydrogen) atoms. The van der Waals surface area contributed by atoms with Crippen LogP contribution in [0.25, 0.3) is 0 Å². The molecule has 2 aromatic rings. The molecule has 0 radical (unpaired) electrons. The number of thiazole rings is 1. The smallest absolute Gasteiger partial charge is 0.409 e. The van der Waals surface area contributed by atoms with Crippen LogP contribution in [-0.4, -0.2) is 71.9 Å². The fourth-order valence-corrected chi connectivity index (χ4v) is 7.06. The number of nitrogens with one attached hydrogen (secondary N) is 2. The first-order chi connectivity index (χ1) is 16.3. The minimum atomic E-state index is -2.33. The maximum Gasteiger partial charge on any atom is 0.409 e. The van der Waals surface area contributed by atoms with Gasteiger partial charge in [-0.05, 0) is 19.3 Å². The van der Waals surface area contributed by atoms with Crippen LogP contribution in [0.5, 0.6) is 0 Å². The van der Waals surface area contributed by atoms with Gasteiger partial charge in [0.25, 0.3) is 0 Å². The highest BCUT2D eigenvalue weighted by atomic mass is 32.1. The summed E-state index contributed by atoms with van der Waals surface area (Å²) < 4.78 is 37.1. The number of amides is 3. The average molecular weight is 496 g/mol. The summed E-state index contributed by atoms with van der Waals surface area (Å²) in [7, 11) is 2.86. The Hall–Kier alpha value is -3.03. The van der Waals surface area contributed by atoms with Crippen molar-refractivity contribution in [3.63, 3.8) is 0 Å². The molecule has 182 valence electrons. The number of fused-ring (bicyclic) bond motifs is 4. The summed E-state index contributed by atoms with van der Waals surface area (Å²) in [6.07, 6.45) is -1.10. The van der Waals surface area contributed by atoms with Gasteiger partial charge in [-0.2, -0.15) is 4.98 Å². The molecule has 0 spiro atoms. The van der Waals surface area contributed by atoms with Gasteiger partial charge in [-0.15, -0.1) is 0 Å². The zero-order valence-corrected chi connectivity index (χ0v) is 19.3. The molecule has 2 N–H and O–H groups in total. The maximum absolute atomic E-state index is 13.3. The van der Waals surface area contributed by atoms with Crippen molar-refractivity contribution in [2.45, 2.75) is 49.6 Å². The molecule has 2 aliphatic heterocycles. The molecular formula is C20H23F2N7O4S. The second-order valence-electron chi connectivity index (χ2n) is 9.56. The van der Waals surface area contributed by atoms with Crippen molar-refractivity contribution in [1.82, 2.24) is 25.3 Å². The second kappa shape index (κ2) is 7.23. The summed E-state index contributed by atoms with van der Waals surface area (Å²) in [5.74, 6) is 0.477. The summed E-state index contributed by atoms with van der Waals surface area (Å²) >= 11 is 1.33. The van der Waals surface area contributed by atoms with Gasteiger partial charge >= 0.3 is 18.1 Å². The average Bonchev–Trinajstić information content (AvgIpc) is 3.37. The summed E-state index contributed by atoms with van der Waals surface area (Å²) in [6.45, 7) is 0.685. The van der Waals surface area contributed by atoms with Crippen LogP contribution in [-0.2, 0) is 16.6 Å². The fourth-order valence-electron chi connectivity index (χ4n) is 5.99. The van der Waals surface area contributed by atoms with Crippen LogP contribution in [0.2, 0.25) is 0 Å². The van der Waals surface area contributed by atoms with E-state index in [-0.39, 0.29) is 18.1 Å². The van der Waals surface area contributed by atoms with Gasteiger partial charge in [0.2, 0.25) is 6.43 Å². The van der Waals surface area contributed by atoms with Crippen molar-refractivity contribution in [2.75, 3.05) is 37.5 Å². The molecule has 2 atom stereocenters. The van der Waals surface area contributed by atoms with Gasteiger partial charge in [-0.1, -0.05) is 16.5 Å². The summed E-state index contributed by atoms with van der Waals surface area (Å²) in [6, 6.07) is -0.587. The van der Waals surface area contributed by atoms with Crippen LogP contribution in [0, 0.1) is 5.41 Å². The zero-order valence-electron chi connectivity index (χ0n) is 18.5. The van der Waals surface area contributed by atoms with Crippen LogP contribution >= 0.6 is 11.3 Å². The molecule has 3 aliphatic carbocycles. The highest BCUT2D eigenvalue weighted by Crippen LogP contribution is 2.75. The van der Waals surface area contributed by atoms with E-state index in [0.717, 1.165) is 10.6 Å². The number of piperazine rings is 1. The number of urea groups is 1. The number of alkyl halides is 2. The number of aromatic nitrogens is 3. The first-order valence-electron chi connectivity index (χ1n) is 11.0. The molecule has 11 nitrogen and oxygen atoms in total. The highest BCUT2D eigenvalue weighted by molar-refractivity contribution is 7.16. The fraction of sp³-hybridized carbons (Fsp3) is 0.650. The normalized spacial score (nSPS) is 30.9. The molecule has 14 heteroatoms. The van der Waals surface area contributed by atoms with Crippen LogP contribution in [0.1, 0.15) is 41.7 Å². The topological polar surface area (TPSA) is 126 Å². The van der Waals surface area contributed by atoms with Gasteiger partial charge in [0.05, 0.1) is 29.8 Å². The standard InChI is InChI=1S/C20H23F2N7O4S/c1-23-15(30)26-16-24-10-3-9-4-28(18(31)32-2)5-11(12(10)34-16)29(9)17-25-14(27-33-17)20-6-19(7-20,8-20)13(21)22/h9,11,13H,3-8H2,1-2H3,(H2,23,24,26,30). The van der Waals surface area contributed by atoms with Gasteiger partial charge < -0.3 is 24.4 Å². The molecule has 5 aliphatic rings. The van der Waals surface area contributed by atoms with E-state index in [4.69, 9.17) is 9.26 Å². The quantitative estimate of drug-likeness (QED) is 0.663. The van der Waals surface area contributed by atoms with Crippen LogP contribution in [0.15, 0.2) is 4.52 Å². The molecule has 4 bridgehead atoms. The van der Waals surface area contributed by atoms with Gasteiger partial charge in [-0.25, -0.2) is 23.4 Å². The number of rotatable bonds is 4. The van der Waals surface area contributed by atoms with Crippen molar-refractivity contribution in [1.29, 1.82) is 0 Å². The third kappa shape index (κ3) is 2.93. The third-order valence-electron chi connectivity index (χ3n) is 7.54. The lowest BCUT2D eigenvalue weighted by molar-refractivity contribution is -0.225. The SMILES string of the molecule is CNC(=O)Nc1nc2c(s1)C1CN(C(=O)OC)CC(C2)N1c1nc(C23CC(C(F)F)(C2)C3)no1. The van der Waals surface area contributed by atoms with Gasteiger partial charge in [0, 0.05) is 37.4 Å². The van der Waals surface area contributed by atoms with E-state index >= 15 is 0 Å². The Kier molecular flexibility index (Phi) is 4.57. The number of carbonyl (C=O) groups is 2. The number of carbonyl (C=O) groups excluding carboxylic acids is 2. The molecule has 1 saturated heterocycles. The van der Waals surface area contributed by atoms with Crippen LogP contribution in [0.4, 0.5) is 29.5 Å². The van der Waals surface area contributed by atoms with Gasteiger partial charge in [-0.3, -0.25) is 5.32 Å². The second-order valence-corrected chi connectivity index (χ2v) is 10.6. The lowest BCUT2D eigenvalue weighted by Gasteiger charge is -2.68. The Morgan fingerprint density at radius 2 is 2.03 bits per heavy atom. The van der Waals surface area contributed by atoms with Gasteiger partial charge in [0.15, 0.2) is 11.0 Å². The Labute approximate surface area is 196 Å². The van der Waals surface area contributed by atoms with Crippen molar-refractivity contribution in [3.05, 3.63) is 16.4 Å².